The predicted octanol–water partition coefficient (Wildman–Crippen LogP) is -6.31. The van der Waals surface area contributed by atoms with E-state index in [1.165, 1.54) is 23.7 Å². The summed E-state index contributed by atoms with van der Waals surface area (Å²) in [4.78, 5) is 0. The van der Waals surface area contributed by atoms with Crippen LogP contribution in [0.3, 0.4) is 0 Å². The van der Waals surface area contributed by atoms with Crippen molar-refractivity contribution in [3.8, 4) is 0 Å². The van der Waals surface area contributed by atoms with Crippen LogP contribution in [0.2, 0.25) is 0 Å². The molecule has 0 radical (unpaired) electrons. The molecule has 16 heavy (non-hydrogen) atoms. The Labute approximate surface area is 134 Å². The Kier molecular flexibility index (Phi) is 6.20. The Morgan fingerprint density at radius 1 is 1.38 bits per heavy atom. The molecule has 0 aromatic heterocycles. The van der Waals surface area contributed by atoms with Crippen LogP contribution in [0.25, 0.3) is 0 Å². The molecular formula is C13H22I3-. The van der Waals surface area contributed by atoms with Gasteiger partial charge in [0.05, 0.1) is 0 Å². The first-order chi connectivity index (χ1) is 7.76. The Bertz CT molecular complexity index is 260. The van der Waals surface area contributed by atoms with Crippen molar-refractivity contribution >= 4 is 0 Å². The Morgan fingerprint density at radius 3 is 2.94 bits per heavy atom. The van der Waals surface area contributed by atoms with Crippen LogP contribution in [-0.4, -0.2) is 17.7 Å². The summed E-state index contributed by atoms with van der Waals surface area (Å²) in [6.07, 6.45) is 7.56. The number of rotatable bonds is 4. The topological polar surface area (TPSA) is 0 Å². The molecule has 0 saturated carbocycles. The van der Waals surface area contributed by atoms with Crippen LogP contribution in [-0.2, 0) is 0 Å². The maximum atomic E-state index is 2.41. The molecule has 0 nitrogen and oxygen atoms in total. The molecule has 0 N–H and O–H groups in total. The van der Waals surface area contributed by atoms with E-state index in [-0.39, 0.29) is 0 Å². The van der Waals surface area contributed by atoms with Crippen molar-refractivity contribution in [3.05, 3.63) is 9.15 Å². The van der Waals surface area contributed by atoms with Crippen molar-refractivity contribution < 1.29 is 65.0 Å². The van der Waals surface area contributed by atoms with Crippen LogP contribution < -0.4 is 65.0 Å². The minimum absolute atomic E-state index is 0.439. The van der Waals surface area contributed by atoms with Gasteiger partial charge in [0.25, 0.3) is 0 Å². The van der Waals surface area contributed by atoms with Gasteiger partial charge in [0.15, 0.2) is 0 Å². The van der Waals surface area contributed by atoms with Gasteiger partial charge in [-0.25, -0.2) is 0 Å². The fourth-order valence-corrected chi connectivity index (χ4v) is 12.5. The monoisotopic (exact) mass is 559 g/mol. The summed E-state index contributed by atoms with van der Waals surface area (Å²) in [5.74, 6) is 0. The molecule has 96 valence electrons. The van der Waals surface area contributed by atoms with Gasteiger partial charge in [-0.3, -0.25) is 0 Å². The molecule has 3 heteroatoms. The van der Waals surface area contributed by atoms with E-state index in [0.717, 1.165) is 5.41 Å². The normalized spacial score (nSPS) is 31.1. The van der Waals surface area contributed by atoms with Gasteiger partial charge in [-0.15, -0.1) is 0 Å². The molecule has 0 spiro atoms. The Hall–Kier alpha value is 1.93. The van der Waals surface area contributed by atoms with E-state index in [4.69, 9.17) is 0 Å². The SMILES string of the molecule is CC1=C2CC[C@@](C[I-]CC[IH+])(CCC1)C[I-]2. The molecule has 2 heterocycles. The van der Waals surface area contributed by atoms with Crippen molar-refractivity contribution in [2.45, 2.75) is 39.0 Å². The fraction of sp³-hybridized carbons (Fsp3) is 0.846. The molecule has 1 saturated heterocycles. The summed E-state index contributed by atoms with van der Waals surface area (Å²) in [7, 11) is 0. The van der Waals surface area contributed by atoms with Gasteiger partial charge < -0.3 is 0 Å². The third kappa shape index (κ3) is 3.71. The predicted molar refractivity (Wildman–Crippen MR) is 59.1 cm³/mol. The van der Waals surface area contributed by atoms with Crippen LogP contribution in [0.4, 0.5) is 0 Å². The molecule has 2 aliphatic heterocycles. The summed E-state index contributed by atoms with van der Waals surface area (Å²) in [6.45, 7) is 2.41. The number of alkyl halides is 4. The molecule has 3 aliphatic rings. The average molecular weight is 559 g/mol. The zero-order chi connectivity index (χ0) is 11.4. The second kappa shape index (κ2) is 6.91. The van der Waals surface area contributed by atoms with Gasteiger partial charge in [-0.05, 0) is 0 Å². The molecule has 0 unspecified atom stereocenters. The Morgan fingerprint density at radius 2 is 2.25 bits per heavy atom. The van der Waals surface area contributed by atoms with Crippen LogP contribution in [0.15, 0.2) is 9.15 Å². The average Bonchev–Trinajstić information content (AvgIpc) is 2.27. The van der Waals surface area contributed by atoms with E-state index in [1.54, 1.807) is 31.7 Å². The molecule has 1 aliphatic carbocycles. The number of halogens is 3. The Balaban J connectivity index is 1.97. The van der Waals surface area contributed by atoms with Gasteiger partial charge >= 0.3 is 136 Å². The van der Waals surface area contributed by atoms with Crippen molar-refractivity contribution in [2.75, 3.05) is 17.7 Å². The summed E-state index contributed by atoms with van der Waals surface area (Å²) in [6, 6.07) is 0. The number of hydrogen-bond acceptors (Lipinski definition) is 0. The van der Waals surface area contributed by atoms with E-state index in [2.05, 4.69) is 29.5 Å². The van der Waals surface area contributed by atoms with Crippen molar-refractivity contribution in [1.82, 2.24) is 0 Å². The van der Waals surface area contributed by atoms with Crippen molar-refractivity contribution in [2.24, 2.45) is 5.41 Å². The molecule has 2 bridgehead atoms. The van der Waals surface area contributed by atoms with E-state index in [0.29, 0.717) is 42.4 Å². The molecule has 0 aromatic rings. The molecule has 3 rings (SSSR count). The number of fused-ring (bicyclic) bond motifs is 5. The van der Waals surface area contributed by atoms with Crippen LogP contribution in [0.5, 0.6) is 0 Å². The second-order valence-electron chi connectivity index (χ2n) is 5.02. The third-order valence-electron chi connectivity index (χ3n) is 3.70. The van der Waals surface area contributed by atoms with Gasteiger partial charge in [0.2, 0.25) is 0 Å². The standard InChI is InChI=1S/C13H22I3/c1-11-3-2-5-13(9-15-8-7-14)6-4-12(11)16-10-13/h14H,2-10H2,1H3/q-1/t13-/m1/s1. The van der Waals surface area contributed by atoms with E-state index >= 15 is 0 Å². The van der Waals surface area contributed by atoms with Gasteiger partial charge in [-0.2, -0.15) is 0 Å². The van der Waals surface area contributed by atoms with Crippen molar-refractivity contribution in [1.29, 1.82) is 0 Å². The molecule has 1 atom stereocenters. The summed E-state index contributed by atoms with van der Waals surface area (Å²) in [5, 5.41) is 0. The molecule has 0 amide bonds. The zero-order valence-electron chi connectivity index (χ0n) is 10.0. The number of allylic oxidation sites excluding steroid dienone is 2. The zero-order valence-corrected chi connectivity index (χ0v) is 16.7. The van der Waals surface area contributed by atoms with Crippen LogP contribution in [0, 0.1) is 5.41 Å². The summed E-state index contributed by atoms with van der Waals surface area (Å²) in [5.41, 5.74) is 2.66. The molecule has 0 aromatic carbocycles. The first kappa shape index (κ1) is 14.3. The van der Waals surface area contributed by atoms with Gasteiger partial charge in [0, 0.05) is 0 Å². The van der Waals surface area contributed by atoms with Crippen LogP contribution >= 0.6 is 0 Å². The molecular weight excluding hydrogens is 537 g/mol. The summed E-state index contributed by atoms with van der Waals surface area (Å²) < 4.78 is 8.27. The van der Waals surface area contributed by atoms with E-state index in [1.807, 2.05) is 3.58 Å². The minimum atomic E-state index is 0.439. The van der Waals surface area contributed by atoms with Gasteiger partial charge in [0.1, 0.15) is 0 Å². The maximum absolute atomic E-state index is 2.41. The van der Waals surface area contributed by atoms with E-state index in [9.17, 15) is 0 Å². The van der Waals surface area contributed by atoms with Gasteiger partial charge in [-0.1, -0.05) is 0 Å². The number of hydrogen-bond donors (Lipinski definition) is 0. The first-order valence-electron chi connectivity index (χ1n) is 6.15. The quantitative estimate of drug-likeness (QED) is 0.183. The summed E-state index contributed by atoms with van der Waals surface area (Å²) >= 11 is 3.27. The fourth-order valence-electron chi connectivity index (χ4n) is 2.61. The van der Waals surface area contributed by atoms with E-state index < -0.39 is 0 Å². The second-order valence-corrected chi connectivity index (χ2v) is 11.9. The van der Waals surface area contributed by atoms with Crippen LogP contribution in [0.1, 0.15) is 39.0 Å². The van der Waals surface area contributed by atoms with Crippen molar-refractivity contribution in [3.63, 3.8) is 0 Å². The molecule has 1 fully saturated rings. The first-order valence-corrected chi connectivity index (χ1v) is 13.5. The third-order valence-corrected chi connectivity index (χ3v) is 14.4.